The number of nitrogens with zero attached hydrogens (tertiary/aromatic N) is 3. The Morgan fingerprint density at radius 1 is 0.969 bits per heavy atom. The molecule has 1 atom stereocenters. The standard InChI is InChI=1S/C23H29N3O5S/c1-17-8-9-19(16-18(17)2)32(29,30)25-13-11-24(12-14-25)22(27)20-6-3-4-10-26(20)23(28)21-7-5-15-31-21/h5,7-9,15-16,20H,3-4,6,10-14H2,1-2H3. The van der Waals surface area contributed by atoms with Crippen molar-refractivity contribution in [2.45, 2.75) is 44.0 Å². The van der Waals surface area contributed by atoms with E-state index in [-0.39, 0.29) is 35.6 Å². The topological polar surface area (TPSA) is 91.1 Å². The van der Waals surface area contributed by atoms with E-state index >= 15 is 0 Å². The van der Waals surface area contributed by atoms with E-state index < -0.39 is 16.1 Å². The molecule has 2 aliphatic rings. The molecule has 172 valence electrons. The van der Waals surface area contributed by atoms with E-state index in [1.807, 2.05) is 19.9 Å². The Labute approximate surface area is 188 Å². The van der Waals surface area contributed by atoms with Crippen molar-refractivity contribution < 1.29 is 22.4 Å². The number of hydrogen-bond donors (Lipinski definition) is 0. The second kappa shape index (κ2) is 9.07. The Bertz CT molecular complexity index is 1090. The number of benzene rings is 1. The quantitative estimate of drug-likeness (QED) is 0.700. The number of carbonyl (C=O) groups excluding carboxylic acids is 2. The molecule has 1 aromatic heterocycles. The van der Waals surface area contributed by atoms with Gasteiger partial charge < -0.3 is 14.2 Å². The Morgan fingerprint density at radius 3 is 2.38 bits per heavy atom. The summed E-state index contributed by atoms with van der Waals surface area (Å²) in [6.07, 6.45) is 3.77. The molecule has 0 N–H and O–H groups in total. The van der Waals surface area contributed by atoms with Crippen LogP contribution in [0.4, 0.5) is 0 Å². The molecule has 32 heavy (non-hydrogen) atoms. The minimum atomic E-state index is -3.61. The predicted octanol–water partition coefficient (Wildman–Crippen LogP) is 2.42. The van der Waals surface area contributed by atoms with Crippen LogP contribution < -0.4 is 0 Å². The Morgan fingerprint density at radius 2 is 1.72 bits per heavy atom. The van der Waals surface area contributed by atoms with Gasteiger partial charge in [-0.3, -0.25) is 9.59 Å². The molecule has 1 unspecified atom stereocenters. The number of amides is 2. The average molecular weight is 460 g/mol. The van der Waals surface area contributed by atoms with Crippen molar-refractivity contribution in [1.29, 1.82) is 0 Å². The van der Waals surface area contributed by atoms with Gasteiger partial charge >= 0.3 is 0 Å². The molecule has 9 heteroatoms. The molecule has 1 aromatic carbocycles. The first-order valence-corrected chi connectivity index (χ1v) is 12.4. The lowest BCUT2D eigenvalue weighted by atomic mass is 10.00. The van der Waals surface area contributed by atoms with Crippen LogP contribution in [0.15, 0.2) is 45.9 Å². The number of carbonyl (C=O) groups is 2. The Hall–Kier alpha value is -2.65. The number of aryl methyl sites for hydroxylation is 2. The molecule has 3 heterocycles. The minimum absolute atomic E-state index is 0.118. The van der Waals surface area contributed by atoms with Gasteiger partial charge in [0.1, 0.15) is 6.04 Å². The zero-order valence-electron chi connectivity index (χ0n) is 18.5. The van der Waals surface area contributed by atoms with Gasteiger partial charge in [0.25, 0.3) is 5.91 Å². The molecule has 0 radical (unpaired) electrons. The summed E-state index contributed by atoms with van der Waals surface area (Å²) in [5.74, 6) is -0.161. The maximum atomic E-state index is 13.3. The van der Waals surface area contributed by atoms with Crippen LogP contribution in [0, 0.1) is 13.8 Å². The number of piperazine rings is 1. The highest BCUT2D eigenvalue weighted by Crippen LogP contribution is 2.24. The first-order chi connectivity index (χ1) is 15.3. The normalized spacial score (nSPS) is 20.4. The first-order valence-electron chi connectivity index (χ1n) is 11.0. The molecular weight excluding hydrogens is 430 g/mol. The zero-order chi connectivity index (χ0) is 22.9. The molecule has 2 amide bonds. The van der Waals surface area contributed by atoms with Crippen LogP contribution >= 0.6 is 0 Å². The summed E-state index contributed by atoms with van der Waals surface area (Å²) < 4.78 is 32.8. The number of piperidine rings is 1. The van der Waals surface area contributed by atoms with Gasteiger partial charge in [-0.15, -0.1) is 0 Å². The number of sulfonamides is 1. The van der Waals surface area contributed by atoms with Crippen molar-refractivity contribution in [3.63, 3.8) is 0 Å². The third-order valence-electron chi connectivity index (χ3n) is 6.45. The summed E-state index contributed by atoms with van der Waals surface area (Å²) in [5, 5.41) is 0. The lowest BCUT2D eigenvalue weighted by molar-refractivity contribution is -0.138. The second-order valence-electron chi connectivity index (χ2n) is 8.46. The monoisotopic (exact) mass is 459 g/mol. The van der Waals surface area contributed by atoms with Gasteiger partial charge in [-0.25, -0.2) is 8.42 Å². The van der Waals surface area contributed by atoms with Gasteiger partial charge in [-0.1, -0.05) is 6.07 Å². The third kappa shape index (κ3) is 4.31. The highest BCUT2D eigenvalue weighted by Gasteiger charge is 2.38. The van der Waals surface area contributed by atoms with Crippen LogP contribution in [0.1, 0.15) is 40.9 Å². The summed E-state index contributed by atoms with van der Waals surface area (Å²) in [4.78, 5) is 29.7. The Kier molecular flexibility index (Phi) is 6.39. The average Bonchev–Trinajstić information content (AvgIpc) is 3.35. The molecule has 0 bridgehead atoms. The smallest absolute Gasteiger partial charge is 0.290 e. The van der Waals surface area contributed by atoms with Crippen LogP contribution in [0.25, 0.3) is 0 Å². The van der Waals surface area contributed by atoms with E-state index in [9.17, 15) is 18.0 Å². The summed E-state index contributed by atoms with van der Waals surface area (Å²) in [6, 6.07) is 7.87. The van der Waals surface area contributed by atoms with E-state index in [1.165, 1.54) is 10.6 Å². The highest BCUT2D eigenvalue weighted by atomic mass is 32.2. The van der Waals surface area contributed by atoms with E-state index in [1.54, 1.807) is 34.1 Å². The summed E-state index contributed by atoms with van der Waals surface area (Å²) in [7, 11) is -3.61. The van der Waals surface area contributed by atoms with Crippen molar-refractivity contribution in [1.82, 2.24) is 14.1 Å². The second-order valence-corrected chi connectivity index (χ2v) is 10.4. The third-order valence-corrected chi connectivity index (χ3v) is 8.34. The van der Waals surface area contributed by atoms with Gasteiger partial charge in [0, 0.05) is 32.7 Å². The van der Waals surface area contributed by atoms with E-state index in [0.717, 1.165) is 24.0 Å². The fraction of sp³-hybridized carbons (Fsp3) is 0.478. The number of rotatable bonds is 4. The first kappa shape index (κ1) is 22.5. The van der Waals surface area contributed by atoms with Crippen molar-refractivity contribution in [2.75, 3.05) is 32.7 Å². The SMILES string of the molecule is Cc1ccc(S(=O)(=O)N2CCN(C(=O)C3CCCCN3C(=O)c3ccco3)CC2)cc1C. The highest BCUT2D eigenvalue weighted by molar-refractivity contribution is 7.89. The molecular formula is C23H29N3O5S. The van der Waals surface area contributed by atoms with Gasteiger partial charge in [-0.2, -0.15) is 4.31 Å². The molecule has 4 rings (SSSR count). The van der Waals surface area contributed by atoms with Gasteiger partial charge in [-0.05, 0) is 68.5 Å². The van der Waals surface area contributed by atoms with Crippen LogP contribution in [-0.4, -0.2) is 73.1 Å². The van der Waals surface area contributed by atoms with Crippen LogP contribution in [0.5, 0.6) is 0 Å². The number of furan rings is 1. The van der Waals surface area contributed by atoms with Crippen molar-refractivity contribution >= 4 is 21.8 Å². The lowest BCUT2D eigenvalue weighted by Crippen LogP contribution is -2.57. The van der Waals surface area contributed by atoms with Crippen LogP contribution in [0.2, 0.25) is 0 Å². The van der Waals surface area contributed by atoms with Crippen molar-refractivity contribution in [3.8, 4) is 0 Å². The Balaban J connectivity index is 1.43. The molecule has 8 nitrogen and oxygen atoms in total. The van der Waals surface area contributed by atoms with Crippen LogP contribution in [0.3, 0.4) is 0 Å². The van der Waals surface area contributed by atoms with Crippen molar-refractivity contribution in [3.05, 3.63) is 53.5 Å². The number of likely N-dealkylation sites (tertiary alicyclic amines) is 1. The molecule has 2 fully saturated rings. The molecule has 2 saturated heterocycles. The minimum Gasteiger partial charge on any atom is -0.459 e. The summed E-state index contributed by atoms with van der Waals surface area (Å²) in [6.45, 7) is 5.44. The number of hydrogen-bond acceptors (Lipinski definition) is 5. The van der Waals surface area contributed by atoms with Crippen molar-refractivity contribution in [2.24, 2.45) is 0 Å². The largest absolute Gasteiger partial charge is 0.459 e. The maximum Gasteiger partial charge on any atom is 0.290 e. The predicted molar refractivity (Wildman–Crippen MR) is 119 cm³/mol. The summed E-state index contributed by atoms with van der Waals surface area (Å²) in [5.41, 5.74) is 1.97. The van der Waals surface area contributed by atoms with Gasteiger partial charge in [0.05, 0.1) is 11.2 Å². The summed E-state index contributed by atoms with van der Waals surface area (Å²) >= 11 is 0. The molecule has 0 saturated carbocycles. The zero-order valence-corrected chi connectivity index (χ0v) is 19.3. The maximum absolute atomic E-state index is 13.3. The molecule has 0 spiro atoms. The van der Waals surface area contributed by atoms with Gasteiger partial charge in [0.15, 0.2) is 5.76 Å². The lowest BCUT2D eigenvalue weighted by Gasteiger charge is -2.40. The fourth-order valence-electron chi connectivity index (χ4n) is 4.36. The molecule has 2 aromatic rings. The van der Waals surface area contributed by atoms with E-state index in [0.29, 0.717) is 26.1 Å². The molecule has 0 aliphatic carbocycles. The van der Waals surface area contributed by atoms with Crippen LogP contribution in [-0.2, 0) is 14.8 Å². The van der Waals surface area contributed by atoms with E-state index in [2.05, 4.69) is 0 Å². The van der Waals surface area contributed by atoms with E-state index in [4.69, 9.17) is 4.42 Å². The van der Waals surface area contributed by atoms with Gasteiger partial charge in [0.2, 0.25) is 15.9 Å². The fourth-order valence-corrected chi connectivity index (χ4v) is 5.86. The molecule has 2 aliphatic heterocycles.